The van der Waals surface area contributed by atoms with E-state index in [0.717, 1.165) is 54.7 Å². The Kier molecular flexibility index (Phi) is 5.11. The molecule has 1 aliphatic rings. The molecular formula is C20H22N6O. The standard InChI is InChI=1S/C20H22N6O/c1-27-17-5-3-16(4-6-17)24-20-22-9-8-18(25-20)15-2-7-19(23-14-15)26-12-10-21-11-13-26/h2-9,14,21H,10-13H2,1H3,(H,22,24,25). The molecule has 2 aromatic heterocycles. The Morgan fingerprint density at radius 3 is 2.52 bits per heavy atom. The number of benzene rings is 1. The van der Waals surface area contributed by atoms with E-state index >= 15 is 0 Å². The molecule has 7 heteroatoms. The first kappa shape index (κ1) is 17.2. The molecule has 0 saturated carbocycles. The van der Waals surface area contributed by atoms with Gasteiger partial charge >= 0.3 is 0 Å². The van der Waals surface area contributed by atoms with Gasteiger partial charge in [-0.05, 0) is 42.5 Å². The van der Waals surface area contributed by atoms with E-state index < -0.39 is 0 Å². The number of aromatic nitrogens is 3. The third-order valence-electron chi connectivity index (χ3n) is 4.49. The number of nitrogens with one attached hydrogen (secondary N) is 2. The molecule has 0 spiro atoms. The van der Waals surface area contributed by atoms with Crippen molar-refractivity contribution in [1.82, 2.24) is 20.3 Å². The number of pyridine rings is 1. The number of anilines is 3. The average molecular weight is 362 g/mol. The summed E-state index contributed by atoms with van der Waals surface area (Å²) < 4.78 is 5.18. The fourth-order valence-electron chi connectivity index (χ4n) is 3.00. The highest BCUT2D eigenvalue weighted by Gasteiger charge is 2.12. The molecule has 1 saturated heterocycles. The Morgan fingerprint density at radius 1 is 1.00 bits per heavy atom. The Morgan fingerprint density at radius 2 is 1.81 bits per heavy atom. The van der Waals surface area contributed by atoms with Gasteiger partial charge in [-0.2, -0.15) is 0 Å². The Labute approximate surface area is 158 Å². The van der Waals surface area contributed by atoms with Crippen LogP contribution in [0.4, 0.5) is 17.5 Å². The smallest absolute Gasteiger partial charge is 0.227 e. The lowest BCUT2D eigenvalue weighted by molar-refractivity contribution is 0.415. The summed E-state index contributed by atoms with van der Waals surface area (Å²) in [5.41, 5.74) is 2.70. The fourth-order valence-corrected chi connectivity index (χ4v) is 3.00. The SMILES string of the molecule is COc1ccc(Nc2nccc(-c3ccc(N4CCNCC4)nc3)n2)cc1. The minimum atomic E-state index is 0.545. The monoisotopic (exact) mass is 362 g/mol. The van der Waals surface area contributed by atoms with Gasteiger partial charge in [0.15, 0.2) is 0 Å². The number of nitrogens with zero attached hydrogens (tertiary/aromatic N) is 4. The van der Waals surface area contributed by atoms with Crippen LogP contribution < -0.4 is 20.3 Å². The van der Waals surface area contributed by atoms with E-state index in [1.165, 1.54) is 0 Å². The number of hydrogen-bond acceptors (Lipinski definition) is 7. The number of hydrogen-bond donors (Lipinski definition) is 2. The average Bonchev–Trinajstić information content (AvgIpc) is 2.75. The lowest BCUT2D eigenvalue weighted by Gasteiger charge is -2.28. The van der Waals surface area contributed by atoms with Gasteiger partial charge in [0.05, 0.1) is 12.8 Å². The van der Waals surface area contributed by atoms with E-state index in [1.807, 2.05) is 36.5 Å². The van der Waals surface area contributed by atoms with Crippen LogP contribution in [0, 0.1) is 0 Å². The maximum Gasteiger partial charge on any atom is 0.227 e. The lowest BCUT2D eigenvalue weighted by Crippen LogP contribution is -2.43. The molecule has 1 fully saturated rings. The van der Waals surface area contributed by atoms with Crippen molar-refractivity contribution >= 4 is 17.5 Å². The fraction of sp³-hybridized carbons (Fsp3) is 0.250. The number of ether oxygens (including phenoxy) is 1. The second-order valence-corrected chi connectivity index (χ2v) is 6.26. The lowest BCUT2D eigenvalue weighted by atomic mass is 10.2. The van der Waals surface area contributed by atoms with Crippen LogP contribution in [0.2, 0.25) is 0 Å². The van der Waals surface area contributed by atoms with Gasteiger partial charge in [-0.3, -0.25) is 0 Å². The second-order valence-electron chi connectivity index (χ2n) is 6.26. The minimum absolute atomic E-state index is 0.545. The molecule has 3 aromatic rings. The maximum atomic E-state index is 5.18. The van der Waals surface area contributed by atoms with Crippen LogP contribution in [-0.2, 0) is 0 Å². The highest BCUT2D eigenvalue weighted by molar-refractivity contribution is 5.62. The van der Waals surface area contributed by atoms with Crippen LogP contribution in [-0.4, -0.2) is 48.2 Å². The van der Waals surface area contributed by atoms with Crippen LogP contribution in [0.3, 0.4) is 0 Å². The normalized spacial score (nSPS) is 14.0. The Hall–Kier alpha value is -3.19. The summed E-state index contributed by atoms with van der Waals surface area (Å²) in [6.45, 7) is 3.96. The Bertz CT molecular complexity index is 876. The summed E-state index contributed by atoms with van der Waals surface area (Å²) >= 11 is 0. The highest BCUT2D eigenvalue weighted by atomic mass is 16.5. The van der Waals surface area contributed by atoms with Crippen LogP contribution in [0.5, 0.6) is 5.75 Å². The van der Waals surface area contributed by atoms with Gasteiger partial charge < -0.3 is 20.3 Å². The van der Waals surface area contributed by atoms with E-state index in [4.69, 9.17) is 4.74 Å². The molecule has 0 bridgehead atoms. The van der Waals surface area contributed by atoms with E-state index in [1.54, 1.807) is 13.3 Å². The summed E-state index contributed by atoms with van der Waals surface area (Å²) in [5, 5.41) is 6.57. The first-order valence-electron chi connectivity index (χ1n) is 8.98. The van der Waals surface area contributed by atoms with Crippen LogP contribution in [0.25, 0.3) is 11.3 Å². The Balaban J connectivity index is 1.49. The van der Waals surface area contributed by atoms with Crippen molar-refractivity contribution in [3.05, 3.63) is 54.9 Å². The molecule has 1 aromatic carbocycles. The number of methoxy groups -OCH3 is 1. The van der Waals surface area contributed by atoms with Crippen molar-refractivity contribution in [3.8, 4) is 17.0 Å². The van der Waals surface area contributed by atoms with Gasteiger partial charge in [-0.15, -0.1) is 0 Å². The molecule has 2 N–H and O–H groups in total. The molecular weight excluding hydrogens is 340 g/mol. The predicted octanol–water partition coefficient (Wildman–Crippen LogP) is 2.70. The molecule has 4 rings (SSSR count). The van der Waals surface area contributed by atoms with Crippen LogP contribution in [0.1, 0.15) is 0 Å². The van der Waals surface area contributed by atoms with Crippen LogP contribution in [0.15, 0.2) is 54.9 Å². The van der Waals surface area contributed by atoms with Gasteiger partial charge in [0.2, 0.25) is 5.95 Å². The molecule has 0 amide bonds. The zero-order valence-electron chi connectivity index (χ0n) is 15.2. The van der Waals surface area contributed by atoms with Gasteiger partial charge in [-0.1, -0.05) is 0 Å². The predicted molar refractivity (Wildman–Crippen MR) is 107 cm³/mol. The van der Waals surface area contributed by atoms with Gasteiger partial charge in [0, 0.05) is 49.8 Å². The van der Waals surface area contributed by atoms with Crippen molar-refractivity contribution in [2.24, 2.45) is 0 Å². The molecule has 3 heterocycles. The summed E-state index contributed by atoms with van der Waals surface area (Å²) in [4.78, 5) is 15.8. The molecule has 0 unspecified atom stereocenters. The van der Waals surface area contributed by atoms with E-state index in [0.29, 0.717) is 5.95 Å². The summed E-state index contributed by atoms with van der Waals surface area (Å²) in [6.07, 6.45) is 3.62. The largest absolute Gasteiger partial charge is 0.497 e. The third kappa shape index (κ3) is 4.15. The van der Waals surface area contributed by atoms with E-state index in [-0.39, 0.29) is 0 Å². The molecule has 138 valence electrons. The molecule has 1 aliphatic heterocycles. The molecule has 27 heavy (non-hydrogen) atoms. The minimum Gasteiger partial charge on any atom is -0.497 e. The van der Waals surface area contributed by atoms with Crippen LogP contribution >= 0.6 is 0 Å². The highest BCUT2D eigenvalue weighted by Crippen LogP contribution is 2.22. The second kappa shape index (κ2) is 8.01. The summed E-state index contributed by atoms with van der Waals surface area (Å²) in [5.74, 6) is 2.36. The third-order valence-corrected chi connectivity index (χ3v) is 4.49. The zero-order valence-corrected chi connectivity index (χ0v) is 15.2. The van der Waals surface area contributed by atoms with Crippen molar-refractivity contribution in [3.63, 3.8) is 0 Å². The van der Waals surface area contributed by atoms with Gasteiger partial charge in [0.25, 0.3) is 0 Å². The number of piperazine rings is 1. The quantitative estimate of drug-likeness (QED) is 0.723. The van der Waals surface area contributed by atoms with Crippen molar-refractivity contribution in [1.29, 1.82) is 0 Å². The molecule has 7 nitrogen and oxygen atoms in total. The molecule has 0 aliphatic carbocycles. The van der Waals surface area contributed by atoms with Crippen molar-refractivity contribution in [2.75, 3.05) is 43.5 Å². The van der Waals surface area contributed by atoms with E-state index in [2.05, 4.69) is 42.6 Å². The van der Waals surface area contributed by atoms with Gasteiger partial charge in [0.1, 0.15) is 11.6 Å². The van der Waals surface area contributed by atoms with E-state index in [9.17, 15) is 0 Å². The topological polar surface area (TPSA) is 75.2 Å². The van der Waals surface area contributed by atoms with Crippen molar-refractivity contribution in [2.45, 2.75) is 0 Å². The summed E-state index contributed by atoms with van der Waals surface area (Å²) in [7, 11) is 1.65. The maximum absolute atomic E-state index is 5.18. The van der Waals surface area contributed by atoms with Crippen molar-refractivity contribution < 1.29 is 4.74 Å². The first-order chi connectivity index (χ1) is 13.3. The molecule has 0 radical (unpaired) electrons. The zero-order chi connectivity index (χ0) is 18.5. The van der Waals surface area contributed by atoms with Gasteiger partial charge in [-0.25, -0.2) is 15.0 Å². The first-order valence-corrected chi connectivity index (χ1v) is 8.98. The molecule has 0 atom stereocenters. The number of rotatable bonds is 5. The summed E-state index contributed by atoms with van der Waals surface area (Å²) in [6, 6.07) is 13.6.